The number of nitrogens with one attached hydrogen (secondary N) is 1. The summed E-state index contributed by atoms with van der Waals surface area (Å²) in [7, 11) is 0. The van der Waals surface area contributed by atoms with E-state index in [-0.39, 0.29) is 12.0 Å². The van der Waals surface area contributed by atoms with Crippen molar-refractivity contribution >= 4 is 23.5 Å². The highest BCUT2D eigenvalue weighted by Crippen LogP contribution is 2.44. The second kappa shape index (κ2) is 9.88. The zero-order valence-electron chi connectivity index (χ0n) is 18.2. The lowest BCUT2D eigenvalue weighted by atomic mass is 9.98. The Balaban J connectivity index is 1.10. The number of rotatable bonds is 7. The van der Waals surface area contributed by atoms with Gasteiger partial charge in [0.15, 0.2) is 0 Å². The van der Waals surface area contributed by atoms with Crippen molar-refractivity contribution in [1.29, 1.82) is 0 Å². The Labute approximate surface area is 198 Å². The molecule has 0 unspecified atom stereocenters. The first-order valence-electron chi connectivity index (χ1n) is 11.2. The smallest absolute Gasteiger partial charge is 0.407 e. The molecule has 3 aromatic carbocycles. The average Bonchev–Trinajstić information content (AvgIpc) is 3.46. The first-order chi connectivity index (χ1) is 16.3. The number of fused-ring (bicyclic) bond motifs is 3. The highest BCUT2D eigenvalue weighted by atomic mass is 32.1. The van der Waals surface area contributed by atoms with Crippen LogP contribution in [0.2, 0.25) is 0 Å². The lowest BCUT2D eigenvalue weighted by Gasteiger charge is -2.14. The van der Waals surface area contributed by atoms with Gasteiger partial charge in [-0.2, -0.15) is 0 Å². The van der Waals surface area contributed by atoms with E-state index in [4.69, 9.17) is 4.74 Å². The Morgan fingerprint density at radius 2 is 1.52 bits per heavy atom. The van der Waals surface area contributed by atoms with Crippen LogP contribution < -0.4 is 5.32 Å². The molecular weight excluding hydrogens is 426 g/mol. The van der Waals surface area contributed by atoms with E-state index >= 15 is 0 Å². The molecule has 4 heteroatoms. The van der Waals surface area contributed by atoms with Gasteiger partial charge in [0, 0.05) is 22.2 Å². The third-order valence-electron chi connectivity index (χ3n) is 5.89. The van der Waals surface area contributed by atoms with E-state index in [2.05, 4.69) is 90.3 Å². The van der Waals surface area contributed by atoms with E-state index in [1.54, 1.807) is 11.3 Å². The maximum Gasteiger partial charge on any atom is 0.407 e. The lowest BCUT2D eigenvalue weighted by Crippen LogP contribution is -2.26. The number of alkyl carbamates (subject to hydrolysis) is 1. The molecule has 1 aliphatic rings. The summed E-state index contributed by atoms with van der Waals surface area (Å²) in [6, 6.07) is 31.4. The third-order valence-corrected chi connectivity index (χ3v) is 6.99. The SMILES string of the molecule is O=C(NCCC=Cc1ccc(-c2ccccc2)s1)OCC1c2ccccc2-c2ccccc21. The summed E-state index contributed by atoms with van der Waals surface area (Å²) in [5, 5.41) is 2.86. The summed E-state index contributed by atoms with van der Waals surface area (Å²) in [6.07, 6.45) is 4.58. The summed E-state index contributed by atoms with van der Waals surface area (Å²) >= 11 is 1.76. The number of ether oxygens (including phenoxy) is 1. The minimum atomic E-state index is -0.368. The molecule has 4 aromatic rings. The molecule has 1 heterocycles. The summed E-state index contributed by atoms with van der Waals surface area (Å²) in [5.74, 6) is 0.0840. The van der Waals surface area contributed by atoms with Crippen LogP contribution in [-0.4, -0.2) is 19.2 Å². The van der Waals surface area contributed by atoms with Crippen LogP contribution in [0.25, 0.3) is 27.6 Å². The van der Waals surface area contributed by atoms with Crippen LogP contribution in [0.3, 0.4) is 0 Å². The largest absolute Gasteiger partial charge is 0.449 e. The maximum absolute atomic E-state index is 12.3. The van der Waals surface area contributed by atoms with E-state index in [1.807, 2.05) is 18.2 Å². The quantitative estimate of drug-likeness (QED) is 0.298. The molecule has 1 aliphatic carbocycles. The van der Waals surface area contributed by atoms with Gasteiger partial charge in [-0.1, -0.05) is 84.9 Å². The van der Waals surface area contributed by atoms with Crippen molar-refractivity contribution in [3.05, 3.63) is 113 Å². The summed E-state index contributed by atoms with van der Waals surface area (Å²) in [5.41, 5.74) is 6.15. The van der Waals surface area contributed by atoms with Gasteiger partial charge in [0.2, 0.25) is 0 Å². The number of thiophene rings is 1. The van der Waals surface area contributed by atoms with Gasteiger partial charge < -0.3 is 10.1 Å². The van der Waals surface area contributed by atoms with Crippen molar-refractivity contribution < 1.29 is 9.53 Å². The van der Waals surface area contributed by atoms with Crippen LogP contribution in [0, 0.1) is 0 Å². The first-order valence-corrected chi connectivity index (χ1v) is 12.0. The zero-order valence-corrected chi connectivity index (χ0v) is 19.1. The number of hydrogen-bond donors (Lipinski definition) is 1. The molecule has 0 saturated heterocycles. The molecule has 0 atom stereocenters. The summed E-state index contributed by atoms with van der Waals surface area (Å²) in [4.78, 5) is 14.7. The minimum absolute atomic E-state index is 0.0840. The molecule has 0 bridgehead atoms. The molecule has 1 amide bonds. The van der Waals surface area contributed by atoms with E-state index in [0.717, 1.165) is 6.42 Å². The van der Waals surface area contributed by atoms with Crippen LogP contribution >= 0.6 is 11.3 Å². The third kappa shape index (κ3) is 4.76. The lowest BCUT2D eigenvalue weighted by molar-refractivity contribution is 0.143. The van der Waals surface area contributed by atoms with Crippen molar-refractivity contribution in [3.8, 4) is 21.6 Å². The number of benzene rings is 3. The monoisotopic (exact) mass is 451 g/mol. The Kier molecular flexibility index (Phi) is 6.36. The highest BCUT2D eigenvalue weighted by Gasteiger charge is 2.28. The van der Waals surface area contributed by atoms with Crippen molar-refractivity contribution in [2.24, 2.45) is 0 Å². The number of hydrogen-bond acceptors (Lipinski definition) is 3. The fourth-order valence-corrected chi connectivity index (χ4v) is 5.25. The molecular formula is C29H25NO2S. The molecule has 0 spiro atoms. The van der Waals surface area contributed by atoms with Gasteiger partial charge in [0.1, 0.15) is 6.61 Å². The molecule has 1 aromatic heterocycles. The standard InChI is InChI=1S/C29H25NO2S/c31-29(30-19-9-8-12-22-17-18-28(33-22)21-10-2-1-3-11-21)32-20-27-25-15-6-4-13-23(25)24-14-5-7-16-26(24)27/h1-8,10-18,27H,9,19-20H2,(H,30,31). The van der Waals surface area contributed by atoms with Gasteiger partial charge in [0.05, 0.1) is 0 Å². The Morgan fingerprint density at radius 1 is 0.848 bits per heavy atom. The molecule has 1 N–H and O–H groups in total. The highest BCUT2D eigenvalue weighted by molar-refractivity contribution is 7.16. The number of amides is 1. The van der Waals surface area contributed by atoms with Crippen molar-refractivity contribution in [2.75, 3.05) is 13.2 Å². The van der Waals surface area contributed by atoms with Crippen molar-refractivity contribution in [3.63, 3.8) is 0 Å². The van der Waals surface area contributed by atoms with E-state index in [0.29, 0.717) is 13.2 Å². The molecule has 0 saturated carbocycles. The Hall–Kier alpha value is -3.63. The first kappa shape index (κ1) is 21.2. The van der Waals surface area contributed by atoms with Crippen LogP contribution in [0.1, 0.15) is 28.3 Å². The van der Waals surface area contributed by atoms with E-state index < -0.39 is 0 Å². The Morgan fingerprint density at radius 3 is 2.24 bits per heavy atom. The Bertz CT molecular complexity index is 1230. The van der Waals surface area contributed by atoms with Gasteiger partial charge >= 0.3 is 6.09 Å². The van der Waals surface area contributed by atoms with Crippen molar-refractivity contribution in [2.45, 2.75) is 12.3 Å². The second-order valence-corrected chi connectivity index (χ2v) is 9.13. The molecule has 33 heavy (non-hydrogen) atoms. The fraction of sp³-hybridized carbons (Fsp3) is 0.138. The predicted octanol–water partition coefficient (Wildman–Crippen LogP) is 7.36. The van der Waals surface area contributed by atoms with Crippen LogP contribution in [0.5, 0.6) is 0 Å². The van der Waals surface area contributed by atoms with Crippen LogP contribution in [-0.2, 0) is 4.74 Å². The van der Waals surface area contributed by atoms with E-state index in [1.165, 1.54) is 37.6 Å². The summed E-state index contributed by atoms with van der Waals surface area (Å²) < 4.78 is 5.58. The summed E-state index contributed by atoms with van der Waals surface area (Å²) in [6.45, 7) is 0.886. The van der Waals surface area contributed by atoms with Crippen LogP contribution in [0.4, 0.5) is 4.79 Å². The number of carbonyl (C=O) groups excluding carboxylic acids is 1. The molecule has 0 aliphatic heterocycles. The zero-order chi connectivity index (χ0) is 22.5. The van der Waals surface area contributed by atoms with Crippen molar-refractivity contribution in [1.82, 2.24) is 5.32 Å². The second-order valence-electron chi connectivity index (χ2n) is 8.01. The topological polar surface area (TPSA) is 38.3 Å². The molecule has 0 fully saturated rings. The average molecular weight is 452 g/mol. The van der Waals surface area contributed by atoms with Gasteiger partial charge in [-0.3, -0.25) is 0 Å². The fourth-order valence-electron chi connectivity index (χ4n) is 4.31. The van der Waals surface area contributed by atoms with Gasteiger partial charge in [0.25, 0.3) is 0 Å². The maximum atomic E-state index is 12.3. The normalized spacial score (nSPS) is 12.5. The van der Waals surface area contributed by atoms with Gasteiger partial charge in [-0.05, 0) is 52.4 Å². The molecule has 0 radical (unpaired) electrons. The molecule has 164 valence electrons. The minimum Gasteiger partial charge on any atom is -0.449 e. The van der Waals surface area contributed by atoms with Crippen LogP contribution in [0.15, 0.2) is 97.1 Å². The number of carbonyl (C=O) groups is 1. The molecule has 3 nitrogen and oxygen atoms in total. The van der Waals surface area contributed by atoms with Gasteiger partial charge in [-0.15, -0.1) is 11.3 Å². The molecule has 5 rings (SSSR count). The van der Waals surface area contributed by atoms with E-state index in [9.17, 15) is 4.79 Å². The predicted molar refractivity (Wildman–Crippen MR) is 136 cm³/mol. The van der Waals surface area contributed by atoms with Gasteiger partial charge in [-0.25, -0.2) is 4.79 Å².